The van der Waals surface area contributed by atoms with Crippen molar-refractivity contribution in [2.75, 3.05) is 62.3 Å². The fraction of sp³-hybridized carbons (Fsp3) is 0.714. The molecule has 3 heterocycles. The second kappa shape index (κ2) is 7.14. The number of nitro groups is 1. The largest absolute Gasteiger partial charge is 0.378 e. The van der Waals surface area contributed by atoms with E-state index in [9.17, 15) is 10.1 Å². The number of ether oxygens (including phenoxy) is 1. The predicted molar refractivity (Wildman–Crippen MR) is 89.4 cm³/mol. The molecule has 1 aromatic heterocycles. The molecule has 0 aliphatic carbocycles. The molecule has 10 nitrogen and oxygen atoms in total. The molecule has 4 N–H and O–H groups in total. The molecule has 0 radical (unpaired) electrons. The number of likely N-dealkylation sites (N-methyl/N-ethyl adjacent to an activating group) is 1. The molecule has 24 heavy (non-hydrogen) atoms. The maximum atomic E-state index is 11.3. The van der Waals surface area contributed by atoms with Crippen LogP contribution in [0.1, 0.15) is 12.8 Å². The topological polar surface area (TPSA) is 124 Å². The van der Waals surface area contributed by atoms with Crippen LogP contribution in [0, 0.1) is 10.1 Å². The number of nitrogen functional groups attached to an aromatic ring is 1. The van der Waals surface area contributed by atoms with Crippen LogP contribution in [0.15, 0.2) is 0 Å². The summed E-state index contributed by atoms with van der Waals surface area (Å²) in [6, 6.07) is 0. The Morgan fingerprint density at radius 2 is 2.21 bits per heavy atom. The Hall–Kier alpha value is -2.20. The lowest BCUT2D eigenvalue weighted by molar-refractivity contribution is -0.880. The van der Waals surface area contributed by atoms with Crippen molar-refractivity contribution in [1.82, 2.24) is 9.97 Å². The molecule has 2 saturated heterocycles. The van der Waals surface area contributed by atoms with Gasteiger partial charge in [-0.2, -0.15) is 9.97 Å². The number of nitrogens with two attached hydrogens (primary N) is 1. The number of nitrogens with one attached hydrogen (secondary N) is 2. The normalized spacial score (nSPS) is 21.9. The summed E-state index contributed by atoms with van der Waals surface area (Å²) in [7, 11) is 2.14. The third-order valence-corrected chi connectivity index (χ3v) is 4.50. The van der Waals surface area contributed by atoms with Crippen LogP contribution in [0.5, 0.6) is 0 Å². The molecular weight excluding hydrogens is 314 g/mol. The first kappa shape index (κ1) is 16.7. The molecule has 2 fully saturated rings. The van der Waals surface area contributed by atoms with E-state index in [1.807, 2.05) is 4.90 Å². The Morgan fingerprint density at radius 1 is 1.46 bits per heavy atom. The Balaban J connectivity index is 1.81. The molecule has 2 aliphatic heterocycles. The van der Waals surface area contributed by atoms with E-state index >= 15 is 0 Å². The quantitative estimate of drug-likeness (QED) is 0.456. The molecule has 132 valence electrons. The summed E-state index contributed by atoms with van der Waals surface area (Å²) in [6.07, 6.45) is 2.00. The maximum absolute atomic E-state index is 11.3. The van der Waals surface area contributed by atoms with Gasteiger partial charge in [-0.25, -0.2) is 0 Å². The molecule has 1 aromatic rings. The molecule has 0 spiro atoms. The van der Waals surface area contributed by atoms with E-state index in [1.165, 1.54) is 4.90 Å². The van der Waals surface area contributed by atoms with Gasteiger partial charge < -0.3 is 25.6 Å². The monoisotopic (exact) mass is 338 g/mol. The van der Waals surface area contributed by atoms with E-state index in [0.717, 1.165) is 45.6 Å². The van der Waals surface area contributed by atoms with Crippen LogP contribution >= 0.6 is 0 Å². The number of aromatic nitrogens is 2. The lowest BCUT2D eigenvalue weighted by atomic mass is 10.2. The van der Waals surface area contributed by atoms with Crippen molar-refractivity contribution in [3.63, 3.8) is 0 Å². The van der Waals surface area contributed by atoms with Gasteiger partial charge in [-0.05, 0) is 12.8 Å². The van der Waals surface area contributed by atoms with Crippen LogP contribution < -0.4 is 20.9 Å². The first-order valence-corrected chi connectivity index (χ1v) is 8.28. The van der Waals surface area contributed by atoms with Crippen LogP contribution in [0.2, 0.25) is 0 Å². The number of anilines is 3. The number of hydrogen-bond acceptors (Lipinski definition) is 8. The number of nitrogens with zero attached hydrogens (tertiary/aromatic N) is 4. The highest BCUT2D eigenvalue weighted by molar-refractivity contribution is 5.70. The SMILES string of the molecule is C[NH+]1CCN(c2nc(N)c([N+](=O)[O-])c(NC[C@H]3CCCO3)n2)CC1. The van der Waals surface area contributed by atoms with Gasteiger partial charge in [0.1, 0.15) is 0 Å². The second-order valence-electron chi connectivity index (χ2n) is 6.32. The predicted octanol–water partition coefficient (Wildman–Crippen LogP) is -1.11. The van der Waals surface area contributed by atoms with Crippen LogP contribution in [-0.2, 0) is 4.74 Å². The molecule has 0 amide bonds. The van der Waals surface area contributed by atoms with Gasteiger partial charge in [-0.1, -0.05) is 0 Å². The van der Waals surface area contributed by atoms with E-state index < -0.39 is 4.92 Å². The summed E-state index contributed by atoms with van der Waals surface area (Å²) >= 11 is 0. The van der Waals surface area contributed by atoms with E-state index in [1.54, 1.807) is 0 Å². The number of rotatable bonds is 5. The molecule has 0 saturated carbocycles. The molecule has 3 rings (SSSR count). The van der Waals surface area contributed by atoms with Gasteiger partial charge >= 0.3 is 5.69 Å². The molecular formula is C14H24N7O3+. The second-order valence-corrected chi connectivity index (χ2v) is 6.32. The third-order valence-electron chi connectivity index (χ3n) is 4.50. The smallest absolute Gasteiger partial charge is 0.353 e. The minimum absolute atomic E-state index is 0.0523. The Morgan fingerprint density at radius 3 is 2.83 bits per heavy atom. The molecule has 0 unspecified atom stereocenters. The average molecular weight is 338 g/mol. The minimum Gasteiger partial charge on any atom is -0.378 e. The zero-order valence-corrected chi connectivity index (χ0v) is 13.8. The number of piperazine rings is 1. The summed E-state index contributed by atoms with van der Waals surface area (Å²) in [4.78, 5) is 22.8. The van der Waals surface area contributed by atoms with Gasteiger partial charge in [-0.3, -0.25) is 10.1 Å². The third kappa shape index (κ3) is 3.65. The molecule has 0 aromatic carbocycles. The van der Waals surface area contributed by atoms with Gasteiger partial charge in [-0.15, -0.1) is 0 Å². The van der Waals surface area contributed by atoms with Gasteiger partial charge in [0.05, 0.1) is 44.3 Å². The van der Waals surface area contributed by atoms with Crippen molar-refractivity contribution < 1.29 is 14.6 Å². The maximum Gasteiger partial charge on any atom is 0.353 e. The van der Waals surface area contributed by atoms with Crippen molar-refractivity contribution in [1.29, 1.82) is 0 Å². The van der Waals surface area contributed by atoms with Crippen LogP contribution in [0.3, 0.4) is 0 Å². The zero-order valence-electron chi connectivity index (χ0n) is 13.8. The molecule has 10 heteroatoms. The molecule has 1 atom stereocenters. The van der Waals surface area contributed by atoms with Gasteiger partial charge in [0.25, 0.3) is 0 Å². The minimum atomic E-state index is -0.537. The Bertz CT molecular complexity index is 598. The number of hydrogen-bond donors (Lipinski definition) is 3. The van der Waals surface area contributed by atoms with Crippen molar-refractivity contribution in [3.05, 3.63) is 10.1 Å². The zero-order chi connectivity index (χ0) is 17.1. The van der Waals surface area contributed by atoms with Crippen LogP contribution in [-0.4, -0.2) is 67.4 Å². The van der Waals surface area contributed by atoms with Gasteiger partial charge in [0.2, 0.25) is 17.6 Å². The van der Waals surface area contributed by atoms with E-state index in [-0.39, 0.29) is 23.4 Å². The van der Waals surface area contributed by atoms with E-state index in [0.29, 0.717) is 12.5 Å². The molecule has 0 bridgehead atoms. The Kier molecular flexibility index (Phi) is 4.95. The first-order valence-electron chi connectivity index (χ1n) is 8.28. The summed E-state index contributed by atoms with van der Waals surface area (Å²) < 4.78 is 5.54. The highest BCUT2D eigenvalue weighted by Gasteiger charge is 2.27. The summed E-state index contributed by atoms with van der Waals surface area (Å²) in [6.45, 7) is 4.75. The van der Waals surface area contributed by atoms with E-state index in [2.05, 4.69) is 22.3 Å². The van der Waals surface area contributed by atoms with Crippen LogP contribution in [0.25, 0.3) is 0 Å². The highest BCUT2D eigenvalue weighted by atomic mass is 16.6. The summed E-state index contributed by atoms with van der Waals surface area (Å²) in [5.41, 5.74) is 5.58. The molecule has 2 aliphatic rings. The fourth-order valence-electron chi connectivity index (χ4n) is 3.01. The van der Waals surface area contributed by atoms with Gasteiger partial charge in [0, 0.05) is 13.2 Å². The first-order chi connectivity index (χ1) is 11.5. The van der Waals surface area contributed by atoms with Crippen LogP contribution in [0.4, 0.5) is 23.3 Å². The lowest BCUT2D eigenvalue weighted by Gasteiger charge is -2.30. The Labute approximate surface area is 140 Å². The summed E-state index contributed by atoms with van der Waals surface area (Å²) in [5, 5.41) is 14.4. The van der Waals surface area contributed by atoms with Crippen molar-refractivity contribution in [2.45, 2.75) is 18.9 Å². The highest BCUT2D eigenvalue weighted by Crippen LogP contribution is 2.30. The average Bonchev–Trinajstić information content (AvgIpc) is 3.06. The number of quaternary nitrogens is 1. The lowest BCUT2D eigenvalue weighted by Crippen LogP contribution is -3.12. The van der Waals surface area contributed by atoms with Gasteiger partial charge in [0.15, 0.2) is 0 Å². The standard InChI is InChI=1S/C14H23N7O3/c1-19-4-6-20(7-5-19)14-17-12(15)11(21(22)23)13(18-14)16-9-10-3-2-8-24-10/h10H,2-9H2,1H3,(H3,15,16,17,18)/p+1/t10-/m1/s1. The summed E-state index contributed by atoms with van der Waals surface area (Å²) in [5.74, 6) is 0.510. The van der Waals surface area contributed by atoms with Crippen molar-refractivity contribution >= 4 is 23.3 Å². The van der Waals surface area contributed by atoms with Crippen molar-refractivity contribution in [2.24, 2.45) is 0 Å². The fourth-order valence-corrected chi connectivity index (χ4v) is 3.01. The van der Waals surface area contributed by atoms with Crippen molar-refractivity contribution in [3.8, 4) is 0 Å². The van der Waals surface area contributed by atoms with E-state index in [4.69, 9.17) is 10.5 Å².